The van der Waals surface area contributed by atoms with Crippen LogP contribution < -0.4 is 10.6 Å². The van der Waals surface area contributed by atoms with Crippen LogP contribution in [-0.2, 0) is 9.59 Å². The summed E-state index contributed by atoms with van der Waals surface area (Å²) in [4.78, 5) is 34.3. The molecule has 8 nitrogen and oxygen atoms in total. The van der Waals surface area contributed by atoms with E-state index in [9.17, 15) is 24.8 Å². The monoisotopic (exact) mass is 359 g/mol. The van der Waals surface area contributed by atoms with Crippen LogP contribution in [-0.4, -0.2) is 21.8 Å². The van der Waals surface area contributed by atoms with Gasteiger partial charge in [0.05, 0.1) is 15.5 Å². The van der Waals surface area contributed by atoms with Crippen LogP contribution in [0.2, 0.25) is 5.02 Å². The van der Waals surface area contributed by atoms with Gasteiger partial charge in [0.15, 0.2) is 0 Å². The van der Waals surface area contributed by atoms with E-state index in [0.29, 0.717) is 11.3 Å². The number of carbonyl (C=O) groups is 2. The fourth-order valence-corrected chi connectivity index (χ4v) is 2.51. The zero-order valence-electron chi connectivity index (χ0n) is 12.4. The number of phenols is 1. The minimum absolute atomic E-state index is 0.0133. The lowest BCUT2D eigenvalue weighted by atomic mass is 10.0. The summed E-state index contributed by atoms with van der Waals surface area (Å²) in [6.45, 7) is 0. The molecule has 0 bridgehead atoms. The maximum atomic E-state index is 12.1. The van der Waals surface area contributed by atoms with Crippen molar-refractivity contribution >= 4 is 40.4 Å². The number of non-ortho nitro benzene ring substituents is 1. The maximum Gasteiger partial charge on any atom is 0.275 e. The second-order valence-corrected chi connectivity index (χ2v) is 5.54. The van der Waals surface area contributed by atoms with Gasteiger partial charge >= 0.3 is 0 Å². The molecule has 0 unspecified atom stereocenters. The molecule has 0 saturated carbocycles. The highest BCUT2D eigenvalue weighted by Crippen LogP contribution is 2.30. The molecule has 25 heavy (non-hydrogen) atoms. The van der Waals surface area contributed by atoms with Gasteiger partial charge in [0.1, 0.15) is 11.4 Å². The molecule has 0 saturated heterocycles. The number of imide groups is 1. The van der Waals surface area contributed by atoms with Gasteiger partial charge in [0.25, 0.3) is 17.5 Å². The summed E-state index contributed by atoms with van der Waals surface area (Å²) in [6.07, 6.45) is 0. The van der Waals surface area contributed by atoms with Crippen molar-refractivity contribution in [3.8, 4) is 5.75 Å². The number of benzene rings is 2. The molecule has 1 heterocycles. The average molecular weight is 360 g/mol. The lowest BCUT2D eigenvalue weighted by Crippen LogP contribution is -2.24. The van der Waals surface area contributed by atoms with Crippen LogP contribution in [0.4, 0.5) is 11.4 Å². The fourth-order valence-electron chi connectivity index (χ4n) is 2.33. The third-order valence-corrected chi connectivity index (χ3v) is 3.82. The molecule has 3 N–H and O–H groups in total. The van der Waals surface area contributed by atoms with E-state index in [1.165, 1.54) is 42.5 Å². The predicted molar refractivity (Wildman–Crippen MR) is 89.9 cm³/mol. The highest BCUT2D eigenvalue weighted by Gasteiger charge is 2.31. The van der Waals surface area contributed by atoms with Gasteiger partial charge in [-0.25, -0.2) is 0 Å². The van der Waals surface area contributed by atoms with E-state index in [2.05, 4.69) is 10.6 Å². The number of halogens is 1. The Bertz CT molecular complexity index is 937. The standard InChI is InChI=1S/C16H10ClN3O5/c17-11-7-9(3-6-12(11)21)18-14-13(15(22)19-16(14)23)8-1-4-10(5-2-8)20(24)25/h1-7,21H,(H2,18,19,22,23). The third-order valence-electron chi connectivity index (χ3n) is 3.52. The van der Waals surface area contributed by atoms with Crippen molar-refractivity contribution in [3.63, 3.8) is 0 Å². The van der Waals surface area contributed by atoms with Crippen molar-refractivity contribution in [1.82, 2.24) is 5.32 Å². The van der Waals surface area contributed by atoms with E-state index >= 15 is 0 Å². The molecule has 0 fully saturated rings. The van der Waals surface area contributed by atoms with Crippen molar-refractivity contribution in [3.05, 3.63) is 68.9 Å². The summed E-state index contributed by atoms with van der Waals surface area (Å²) < 4.78 is 0. The Morgan fingerprint density at radius 3 is 2.36 bits per heavy atom. The molecule has 0 atom stereocenters. The van der Waals surface area contributed by atoms with Crippen molar-refractivity contribution < 1.29 is 19.6 Å². The molecule has 2 amide bonds. The topological polar surface area (TPSA) is 122 Å². The SMILES string of the molecule is O=C1NC(=O)C(c2ccc([N+](=O)[O-])cc2)=C1Nc1ccc(O)c(Cl)c1. The van der Waals surface area contributed by atoms with Gasteiger partial charge in [-0.05, 0) is 35.9 Å². The van der Waals surface area contributed by atoms with Crippen LogP contribution in [0, 0.1) is 10.1 Å². The Kier molecular flexibility index (Phi) is 4.12. The summed E-state index contributed by atoms with van der Waals surface area (Å²) >= 11 is 5.83. The lowest BCUT2D eigenvalue weighted by molar-refractivity contribution is -0.384. The van der Waals surface area contributed by atoms with Gasteiger partial charge in [0, 0.05) is 17.8 Å². The van der Waals surface area contributed by atoms with Crippen LogP contribution in [0.1, 0.15) is 5.56 Å². The molecular formula is C16H10ClN3O5. The van der Waals surface area contributed by atoms with Crippen LogP contribution >= 0.6 is 11.6 Å². The highest BCUT2D eigenvalue weighted by atomic mass is 35.5. The van der Waals surface area contributed by atoms with Crippen LogP contribution in [0.15, 0.2) is 48.2 Å². The molecule has 0 spiro atoms. The minimum atomic E-state index is -0.637. The van der Waals surface area contributed by atoms with E-state index in [4.69, 9.17) is 11.6 Å². The van der Waals surface area contributed by atoms with Crippen LogP contribution in [0.3, 0.4) is 0 Å². The third kappa shape index (κ3) is 3.15. The second kappa shape index (κ2) is 6.25. The van der Waals surface area contributed by atoms with Gasteiger partial charge in [-0.1, -0.05) is 11.6 Å². The van der Waals surface area contributed by atoms with Crippen molar-refractivity contribution in [2.24, 2.45) is 0 Å². The number of amides is 2. The van der Waals surface area contributed by atoms with E-state index in [1.54, 1.807) is 0 Å². The maximum absolute atomic E-state index is 12.1. The normalized spacial score (nSPS) is 13.8. The van der Waals surface area contributed by atoms with Crippen molar-refractivity contribution in [2.75, 3.05) is 5.32 Å². The Balaban J connectivity index is 2.02. The van der Waals surface area contributed by atoms with E-state index < -0.39 is 16.7 Å². The molecule has 0 radical (unpaired) electrons. The largest absolute Gasteiger partial charge is 0.506 e. The summed E-state index contributed by atoms with van der Waals surface area (Å²) in [5, 5.41) is 25.2. The molecule has 1 aliphatic rings. The van der Waals surface area contributed by atoms with Crippen LogP contribution in [0.25, 0.3) is 5.57 Å². The first-order chi connectivity index (χ1) is 11.9. The number of hydrogen-bond donors (Lipinski definition) is 3. The smallest absolute Gasteiger partial charge is 0.275 e. The number of phenolic OH excluding ortho intramolecular Hbond substituents is 1. The zero-order chi connectivity index (χ0) is 18.1. The number of hydrogen-bond acceptors (Lipinski definition) is 6. The highest BCUT2D eigenvalue weighted by molar-refractivity contribution is 6.37. The number of nitrogens with one attached hydrogen (secondary N) is 2. The van der Waals surface area contributed by atoms with E-state index in [1.807, 2.05) is 0 Å². The van der Waals surface area contributed by atoms with Gasteiger partial charge in [0.2, 0.25) is 0 Å². The average Bonchev–Trinajstić information content (AvgIpc) is 2.85. The molecule has 3 rings (SSSR count). The lowest BCUT2D eigenvalue weighted by Gasteiger charge is -2.09. The molecule has 1 aliphatic heterocycles. The molecular weight excluding hydrogens is 350 g/mol. The van der Waals surface area contributed by atoms with Gasteiger partial charge in [-0.3, -0.25) is 25.0 Å². The Morgan fingerprint density at radius 2 is 1.76 bits per heavy atom. The van der Waals surface area contributed by atoms with Crippen molar-refractivity contribution in [1.29, 1.82) is 0 Å². The predicted octanol–water partition coefficient (Wildman–Crippen LogP) is 2.43. The fraction of sp³-hybridized carbons (Fsp3) is 0. The summed E-state index contributed by atoms with van der Waals surface area (Å²) in [6, 6.07) is 9.48. The number of anilines is 1. The second-order valence-electron chi connectivity index (χ2n) is 5.13. The van der Waals surface area contributed by atoms with Crippen molar-refractivity contribution in [2.45, 2.75) is 0 Å². The Morgan fingerprint density at radius 1 is 1.08 bits per heavy atom. The first kappa shape index (κ1) is 16.5. The first-order valence-corrected chi connectivity index (χ1v) is 7.35. The number of rotatable bonds is 4. The molecule has 9 heteroatoms. The van der Waals surface area contributed by atoms with Gasteiger partial charge in [-0.2, -0.15) is 0 Å². The number of nitrogens with zero attached hydrogens (tertiary/aromatic N) is 1. The Labute approximate surface area is 145 Å². The number of aromatic hydroxyl groups is 1. The quantitative estimate of drug-likeness (QED) is 0.333. The number of nitro groups is 1. The van der Waals surface area contributed by atoms with Gasteiger partial charge in [-0.15, -0.1) is 0 Å². The number of carbonyl (C=O) groups excluding carboxylic acids is 2. The molecule has 2 aromatic carbocycles. The van der Waals surface area contributed by atoms with E-state index in [0.717, 1.165) is 0 Å². The summed E-state index contributed by atoms with van der Waals surface area (Å²) in [7, 11) is 0. The first-order valence-electron chi connectivity index (χ1n) is 6.97. The molecule has 0 aromatic heterocycles. The minimum Gasteiger partial charge on any atom is -0.506 e. The molecule has 0 aliphatic carbocycles. The van der Waals surface area contributed by atoms with Gasteiger partial charge < -0.3 is 10.4 Å². The molecule has 126 valence electrons. The summed E-state index contributed by atoms with van der Waals surface area (Å²) in [5.41, 5.74) is 0.655. The molecule has 2 aromatic rings. The summed E-state index contributed by atoms with van der Waals surface area (Å²) in [5.74, 6) is -1.38. The van der Waals surface area contributed by atoms with E-state index in [-0.39, 0.29) is 27.7 Å². The zero-order valence-corrected chi connectivity index (χ0v) is 13.2. The number of nitro benzene ring substituents is 1. The Hall–Kier alpha value is -3.39. The van der Waals surface area contributed by atoms with Crippen LogP contribution in [0.5, 0.6) is 5.75 Å².